The van der Waals surface area contributed by atoms with E-state index in [0.717, 1.165) is 12.7 Å². The summed E-state index contributed by atoms with van der Waals surface area (Å²) in [6.07, 6.45) is 2.79. The molecular weight excluding hydrogens is 164 g/mol. The Balaban J connectivity index is 2.93. The molecule has 1 saturated carbocycles. The number of hydrogen-bond donors (Lipinski definition) is 0. The van der Waals surface area contributed by atoms with Crippen LogP contribution in [0.3, 0.4) is 0 Å². The number of rotatable bonds is 1. The number of hydrogen-bond acceptors (Lipinski definition) is 2. The molecule has 0 spiro atoms. The van der Waals surface area contributed by atoms with Crippen LogP contribution in [0.1, 0.15) is 40.0 Å². The van der Waals surface area contributed by atoms with E-state index in [2.05, 4.69) is 0 Å². The van der Waals surface area contributed by atoms with E-state index >= 15 is 0 Å². The molecule has 0 N–H and O–H groups in total. The number of ketones is 1. The molecule has 0 amide bonds. The molecule has 1 atom stereocenters. The van der Waals surface area contributed by atoms with Gasteiger partial charge in [-0.25, -0.2) is 0 Å². The minimum absolute atomic E-state index is 0.0903. The monoisotopic (exact) mass is 180 g/mol. The maximum atomic E-state index is 11.5. The molecule has 1 aliphatic carbocycles. The van der Waals surface area contributed by atoms with E-state index in [1.807, 2.05) is 13.8 Å². The molecule has 13 heavy (non-hydrogen) atoms. The molecule has 0 bridgehead atoms. The lowest BCUT2D eigenvalue weighted by molar-refractivity contribution is -0.134. The van der Waals surface area contributed by atoms with Crippen molar-refractivity contribution >= 4 is 12.1 Å². The van der Waals surface area contributed by atoms with Crippen molar-refractivity contribution < 1.29 is 9.59 Å². The van der Waals surface area contributed by atoms with Crippen molar-refractivity contribution in [2.45, 2.75) is 40.0 Å². The second-order valence-electron chi connectivity index (χ2n) is 4.24. The smallest absolute Gasteiger partial charge is 0.146 e. The molecule has 1 aliphatic rings. The van der Waals surface area contributed by atoms with Gasteiger partial charge in [-0.05, 0) is 33.6 Å². The lowest BCUT2D eigenvalue weighted by Gasteiger charge is -2.29. The number of allylic oxidation sites excluding steroid dienone is 2. The van der Waals surface area contributed by atoms with E-state index in [9.17, 15) is 9.59 Å². The van der Waals surface area contributed by atoms with Gasteiger partial charge in [-0.15, -0.1) is 0 Å². The lowest BCUT2D eigenvalue weighted by Crippen LogP contribution is -2.33. The molecule has 0 radical (unpaired) electrons. The minimum Gasteiger partial charge on any atom is -0.302 e. The van der Waals surface area contributed by atoms with Gasteiger partial charge in [-0.2, -0.15) is 0 Å². The zero-order valence-electron chi connectivity index (χ0n) is 8.52. The van der Waals surface area contributed by atoms with E-state index in [-0.39, 0.29) is 5.78 Å². The summed E-state index contributed by atoms with van der Waals surface area (Å²) in [5.74, 6) is 0.0903. The third-order valence-corrected chi connectivity index (χ3v) is 2.84. The van der Waals surface area contributed by atoms with E-state index in [4.69, 9.17) is 0 Å². The van der Waals surface area contributed by atoms with Crippen LogP contribution < -0.4 is 0 Å². The molecule has 72 valence electrons. The first-order valence-electron chi connectivity index (χ1n) is 4.64. The first-order chi connectivity index (χ1) is 5.99. The fraction of sp³-hybridized carbons (Fsp3) is 0.636. The quantitative estimate of drug-likeness (QED) is 0.352. The summed E-state index contributed by atoms with van der Waals surface area (Å²) >= 11 is 0. The SMILES string of the molecule is CC(C)=C1CCC(=O)C(C)(C=O)C1. The predicted molar refractivity (Wildman–Crippen MR) is 51.4 cm³/mol. The van der Waals surface area contributed by atoms with Crippen molar-refractivity contribution in [2.75, 3.05) is 0 Å². The molecule has 1 fully saturated rings. The van der Waals surface area contributed by atoms with Crippen LogP contribution in [0.4, 0.5) is 0 Å². The molecule has 2 heteroatoms. The van der Waals surface area contributed by atoms with Gasteiger partial charge in [0, 0.05) is 6.42 Å². The molecule has 0 aromatic rings. The van der Waals surface area contributed by atoms with Gasteiger partial charge in [0.2, 0.25) is 0 Å². The van der Waals surface area contributed by atoms with Gasteiger partial charge in [-0.3, -0.25) is 4.79 Å². The Labute approximate surface area is 79.0 Å². The first kappa shape index (κ1) is 10.2. The molecule has 0 saturated heterocycles. The second kappa shape index (κ2) is 3.44. The van der Waals surface area contributed by atoms with Gasteiger partial charge < -0.3 is 4.79 Å². The maximum Gasteiger partial charge on any atom is 0.146 e. The van der Waals surface area contributed by atoms with Gasteiger partial charge in [0.15, 0.2) is 0 Å². The van der Waals surface area contributed by atoms with E-state index in [0.29, 0.717) is 12.8 Å². The third-order valence-electron chi connectivity index (χ3n) is 2.84. The fourth-order valence-electron chi connectivity index (χ4n) is 1.71. The normalized spacial score (nSPS) is 28.8. The number of aldehydes is 1. The van der Waals surface area contributed by atoms with Gasteiger partial charge in [0.25, 0.3) is 0 Å². The molecule has 1 rings (SSSR count). The zero-order valence-corrected chi connectivity index (χ0v) is 8.52. The van der Waals surface area contributed by atoms with Crippen molar-refractivity contribution in [3.05, 3.63) is 11.1 Å². The van der Waals surface area contributed by atoms with Crippen LogP contribution in [0.2, 0.25) is 0 Å². The van der Waals surface area contributed by atoms with Gasteiger partial charge in [-0.1, -0.05) is 11.1 Å². The lowest BCUT2D eigenvalue weighted by atomic mass is 9.72. The van der Waals surface area contributed by atoms with Crippen LogP contribution in [0, 0.1) is 5.41 Å². The predicted octanol–water partition coefficient (Wildman–Crippen LogP) is 2.28. The zero-order chi connectivity index (χ0) is 10.1. The molecule has 0 aliphatic heterocycles. The summed E-state index contributed by atoms with van der Waals surface area (Å²) in [6.45, 7) is 5.82. The van der Waals surface area contributed by atoms with Crippen molar-refractivity contribution in [2.24, 2.45) is 5.41 Å². The van der Waals surface area contributed by atoms with Gasteiger partial charge >= 0.3 is 0 Å². The van der Waals surface area contributed by atoms with E-state index in [1.54, 1.807) is 6.92 Å². The van der Waals surface area contributed by atoms with Crippen LogP contribution >= 0.6 is 0 Å². The summed E-state index contributed by atoms with van der Waals surface area (Å²) in [5, 5.41) is 0. The molecule has 0 aromatic carbocycles. The Bertz CT molecular complexity index is 272. The molecule has 2 nitrogen and oxygen atoms in total. The molecule has 1 unspecified atom stereocenters. The van der Waals surface area contributed by atoms with Crippen molar-refractivity contribution in [1.29, 1.82) is 0 Å². The highest BCUT2D eigenvalue weighted by Gasteiger charge is 2.36. The van der Waals surface area contributed by atoms with E-state index in [1.165, 1.54) is 11.1 Å². The number of Topliss-reactive ketones (excluding diaryl/α,β-unsaturated/α-hetero) is 1. The summed E-state index contributed by atoms with van der Waals surface area (Å²) in [4.78, 5) is 22.3. The highest BCUT2D eigenvalue weighted by atomic mass is 16.1. The molecular formula is C11H16O2. The second-order valence-corrected chi connectivity index (χ2v) is 4.24. The van der Waals surface area contributed by atoms with Crippen LogP contribution in [-0.2, 0) is 9.59 Å². The number of carbonyl (C=O) groups is 2. The Hall–Kier alpha value is -0.920. The Morgan fingerprint density at radius 2 is 2.00 bits per heavy atom. The van der Waals surface area contributed by atoms with Crippen LogP contribution in [-0.4, -0.2) is 12.1 Å². The van der Waals surface area contributed by atoms with Crippen molar-refractivity contribution in [3.8, 4) is 0 Å². The van der Waals surface area contributed by atoms with Crippen molar-refractivity contribution in [1.82, 2.24) is 0 Å². The fourth-order valence-corrected chi connectivity index (χ4v) is 1.71. The first-order valence-corrected chi connectivity index (χ1v) is 4.64. The maximum absolute atomic E-state index is 11.5. The molecule has 0 heterocycles. The van der Waals surface area contributed by atoms with Crippen LogP contribution in [0.15, 0.2) is 11.1 Å². The summed E-state index contributed by atoms with van der Waals surface area (Å²) in [6, 6.07) is 0. The largest absolute Gasteiger partial charge is 0.302 e. The highest BCUT2D eigenvalue weighted by molar-refractivity contribution is 5.99. The highest BCUT2D eigenvalue weighted by Crippen LogP contribution is 2.35. The topological polar surface area (TPSA) is 34.1 Å². The summed E-state index contributed by atoms with van der Waals surface area (Å²) in [5.41, 5.74) is 1.78. The standard InChI is InChI=1S/C11H16O2/c1-8(2)9-4-5-10(13)11(3,6-9)7-12/h7H,4-6H2,1-3H3. The van der Waals surface area contributed by atoms with E-state index < -0.39 is 5.41 Å². The van der Waals surface area contributed by atoms with Crippen LogP contribution in [0.25, 0.3) is 0 Å². The number of carbonyl (C=O) groups excluding carboxylic acids is 2. The minimum atomic E-state index is -0.745. The van der Waals surface area contributed by atoms with Gasteiger partial charge in [0.1, 0.15) is 12.1 Å². The third kappa shape index (κ3) is 1.87. The van der Waals surface area contributed by atoms with Crippen molar-refractivity contribution in [3.63, 3.8) is 0 Å². The van der Waals surface area contributed by atoms with Crippen LogP contribution in [0.5, 0.6) is 0 Å². The van der Waals surface area contributed by atoms with Gasteiger partial charge in [0.05, 0.1) is 5.41 Å². The Morgan fingerprint density at radius 3 is 2.46 bits per heavy atom. The average molecular weight is 180 g/mol. The summed E-state index contributed by atoms with van der Waals surface area (Å²) < 4.78 is 0. The Morgan fingerprint density at radius 1 is 1.38 bits per heavy atom. The average Bonchev–Trinajstić information content (AvgIpc) is 2.09. The Kier molecular flexibility index (Phi) is 2.69. The molecule has 0 aromatic heterocycles. The summed E-state index contributed by atoms with van der Waals surface area (Å²) in [7, 11) is 0.